The zero-order valence-electron chi connectivity index (χ0n) is 14.1. The van der Waals surface area contributed by atoms with Crippen molar-refractivity contribution >= 4 is 22.0 Å². The minimum absolute atomic E-state index is 0.570. The monoisotopic (exact) mass is 323 g/mol. The van der Waals surface area contributed by atoms with Crippen LogP contribution in [-0.2, 0) is 0 Å². The lowest BCUT2D eigenvalue weighted by Crippen LogP contribution is -2.38. The molecule has 0 radical (unpaired) electrons. The number of thioether (sulfide) groups is 1. The fourth-order valence-electron chi connectivity index (χ4n) is 4.57. The first kappa shape index (κ1) is 15.8. The first-order chi connectivity index (χ1) is 9.83. The van der Waals surface area contributed by atoms with Crippen LogP contribution in [0.15, 0.2) is 29.2 Å². The van der Waals surface area contributed by atoms with Gasteiger partial charge in [-0.15, -0.1) is 11.8 Å². The van der Waals surface area contributed by atoms with Gasteiger partial charge in [0.25, 0.3) is 0 Å². The highest BCUT2D eigenvalue weighted by molar-refractivity contribution is 8.31. The molecule has 0 saturated heterocycles. The Morgan fingerprint density at radius 3 is 2.43 bits per heavy atom. The summed E-state index contributed by atoms with van der Waals surface area (Å²) in [6.45, 7) is 9.54. The van der Waals surface area contributed by atoms with Crippen molar-refractivity contribution in [1.82, 2.24) is 4.72 Å². The third-order valence-electron chi connectivity index (χ3n) is 5.33. The Kier molecular flexibility index (Phi) is 4.13. The molecule has 1 nitrogen and oxygen atoms in total. The average molecular weight is 324 g/mol. The number of benzene rings is 1. The summed E-state index contributed by atoms with van der Waals surface area (Å²) in [5, 5.41) is 1.57. The minimum atomic E-state index is -0.802. The van der Waals surface area contributed by atoms with Crippen LogP contribution in [0.1, 0.15) is 39.2 Å². The van der Waals surface area contributed by atoms with E-state index >= 15 is 0 Å². The van der Waals surface area contributed by atoms with E-state index in [-0.39, 0.29) is 0 Å². The van der Waals surface area contributed by atoms with E-state index in [0.717, 1.165) is 28.3 Å². The lowest BCUT2D eigenvalue weighted by atomic mass is 9.96. The van der Waals surface area contributed by atoms with Gasteiger partial charge >= 0.3 is 0 Å². The lowest BCUT2D eigenvalue weighted by molar-refractivity contribution is 0.465. The number of nitrogens with one attached hydrogen (secondary N) is 1. The van der Waals surface area contributed by atoms with E-state index in [1.54, 1.807) is 5.56 Å². The van der Waals surface area contributed by atoms with E-state index in [1.165, 1.54) is 4.90 Å². The third-order valence-corrected chi connectivity index (χ3v) is 10.1. The molecule has 0 bridgehead atoms. The van der Waals surface area contributed by atoms with E-state index in [9.17, 15) is 0 Å². The molecule has 21 heavy (non-hydrogen) atoms. The standard InChI is InChI=1S/C18H29NS2/c1-11(2)19-21(5,6)18-13(4)12(3)17-16(18)14-9-7-8-10-15(14)20-17/h7-13,16-19H,1-6H3. The largest absolute Gasteiger partial charge is 0.278 e. The summed E-state index contributed by atoms with van der Waals surface area (Å²) in [4.78, 5) is 1.54. The van der Waals surface area contributed by atoms with Crippen LogP contribution in [-0.4, -0.2) is 29.1 Å². The van der Waals surface area contributed by atoms with Crippen LogP contribution in [0.3, 0.4) is 0 Å². The number of rotatable bonds is 3. The zero-order valence-corrected chi connectivity index (χ0v) is 15.7. The van der Waals surface area contributed by atoms with E-state index in [2.05, 4.69) is 81.0 Å². The number of hydrogen-bond donors (Lipinski definition) is 1. The summed E-state index contributed by atoms with van der Waals surface area (Å²) >= 11 is 2.14. The molecule has 0 spiro atoms. The molecule has 0 amide bonds. The van der Waals surface area contributed by atoms with E-state index < -0.39 is 10.2 Å². The fourth-order valence-corrected chi connectivity index (χ4v) is 10.1. The quantitative estimate of drug-likeness (QED) is 0.851. The number of hydrogen-bond acceptors (Lipinski definition) is 2. The van der Waals surface area contributed by atoms with Crippen LogP contribution >= 0.6 is 22.0 Å². The van der Waals surface area contributed by atoms with Crippen molar-refractivity contribution in [3.05, 3.63) is 29.8 Å². The molecule has 1 fully saturated rings. The molecule has 5 unspecified atom stereocenters. The van der Waals surface area contributed by atoms with Crippen molar-refractivity contribution in [3.63, 3.8) is 0 Å². The smallest absolute Gasteiger partial charge is 0.0203 e. The van der Waals surface area contributed by atoms with Crippen LogP contribution < -0.4 is 4.72 Å². The molecule has 1 saturated carbocycles. The molecule has 1 N–H and O–H groups in total. The highest BCUT2D eigenvalue weighted by Crippen LogP contribution is 2.66. The Bertz CT molecular complexity index is 526. The van der Waals surface area contributed by atoms with Crippen molar-refractivity contribution in [2.75, 3.05) is 12.5 Å². The molecular weight excluding hydrogens is 294 g/mol. The second kappa shape index (κ2) is 5.50. The Morgan fingerprint density at radius 2 is 1.76 bits per heavy atom. The fraction of sp³-hybridized carbons (Fsp3) is 0.667. The van der Waals surface area contributed by atoms with Gasteiger partial charge in [0.2, 0.25) is 0 Å². The molecule has 1 heterocycles. The molecule has 118 valence electrons. The second-order valence-corrected chi connectivity index (χ2v) is 12.3. The van der Waals surface area contributed by atoms with Gasteiger partial charge in [0.05, 0.1) is 0 Å². The Balaban J connectivity index is 2.00. The van der Waals surface area contributed by atoms with Crippen molar-refractivity contribution in [1.29, 1.82) is 0 Å². The SMILES string of the molecule is CC(C)NS(C)(C)C1C(C)C(C)C2Sc3ccccc3C21. The normalized spacial score (nSPS) is 35.9. The highest BCUT2D eigenvalue weighted by atomic mass is 32.3. The van der Waals surface area contributed by atoms with E-state index in [0.29, 0.717) is 6.04 Å². The minimum Gasteiger partial charge on any atom is -0.278 e. The summed E-state index contributed by atoms with van der Waals surface area (Å²) in [5.41, 5.74) is 1.62. The number of fused-ring (bicyclic) bond motifs is 3. The van der Waals surface area contributed by atoms with Gasteiger partial charge in [-0.1, -0.05) is 32.0 Å². The van der Waals surface area contributed by atoms with Gasteiger partial charge in [0.1, 0.15) is 0 Å². The maximum absolute atomic E-state index is 3.93. The lowest BCUT2D eigenvalue weighted by Gasteiger charge is -2.45. The third kappa shape index (κ3) is 2.55. The van der Waals surface area contributed by atoms with Gasteiger partial charge in [-0.05, 0) is 49.8 Å². The summed E-state index contributed by atoms with van der Waals surface area (Å²) in [6, 6.07) is 9.70. The first-order valence-corrected chi connectivity index (χ1v) is 11.5. The molecule has 1 aliphatic heterocycles. The van der Waals surface area contributed by atoms with Crippen molar-refractivity contribution < 1.29 is 0 Å². The highest BCUT2D eigenvalue weighted by Gasteiger charge is 2.54. The zero-order chi connectivity index (χ0) is 15.4. The molecule has 0 aromatic heterocycles. The Labute approximate surface area is 136 Å². The Morgan fingerprint density at radius 1 is 1.10 bits per heavy atom. The van der Waals surface area contributed by atoms with Crippen molar-refractivity contribution in [2.24, 2.45) is 11.8 Å². The van der Waals surface area contributed by atoms with Gasteiger partial charge in [-0.3, -0.25) is 4.72 Å². The molecule has 1 aliphatic carbocycles. The topological polar surface area (TPSA) is 12.0 Å². The van der Waals surface area contributed by atoms with Crippen molar-refractivity contribution in [2.45, 2.75) is 55.1 Å². The maximum atomic E-state index is 3.93. The first-order valence-electron chi connectivity index (χ1n) is 8.08. The van der Waals surface area contributed by atoms with Gasteiger partial charge in [-0.2, -0.15) is 10.2 Å². The molecule has 1 aromatic carbocycles. The van der Waals surface area contributed by atoms with Crippen LogP contribution in [0.4, 0.5) is 0 Å². The van der Waals surface area contributed by atoms with E-state index in [1.807, 2.05) is 0 Å². The summed E-state index contributed by atoms with van der Waals surface area (Å²) in [6.07, 6.45) is 4.99. The Hall–Kier alpha value is -0.120. The van der Waals surface area contributed by atoms with Crippen LogP contribution in [0.25, 0.3) is 0 Å². The molecule has 3 rings (SSSR count). The summed E-state index contributed by atoms with van der Waals surface area (Å²) < 4.78 is 3.93. The van der Waals surface area contributed by atoms with Gasteiger partial charge in [0.15, 0.2) is 0 Å². The molecule has 1 aromatic rings. The molecule has 5 atom stereocenters. The van der Waals surface area contributed by atoms with Crippen molar-refractivity contribution in [3.8, 4) is 0 Å². The molecule has 2 aliphatic rings. The van der Waals surface area contributed by atoms with E-state index in [4.69, 9.17) is 0 Å². The summed E-state index contributed by atoms with van der Waals surface area (Å²) in [7, 11) is -0.802. The van der Waals surface area contributed by atoms with Gasteiger partial charge in [-0.25, -0.2) is 0 Å². The predicted octanol–water partition coefficient (Wildman–Crippen LogP) is 4.88. The molecule has 3 heteroatoms. The van der Waals surface area contributed by atoms with Crippen LogP contribution in [0.5, 0.6) is 0 Å². The maximum Gasteiger partial charge on any atom is 0.0203 e. The summed E-state index contributed by atoms with van der Waals surface area (Å²) in [5.74, 6) is 2.35. The van der Waals surface area contributed by atoms with Gasteiger partial charge in [0, 0.05) is 27.4 Å². The van der Waals surface area contributed by atoms with Crippen LogP contribution in [0.2, 0.25) is 0 Å². The average Bonchev–Trinajstić information content (AvgIpc) is 2.86. The van der Waals surface area contributed by atoms with Gasteiger partial charge < -0.3 is 0 Å². The molecular formula is C18H29NS2. The predicted molar refractivity (Wildman–Crippen MR) is 98.7 cm³/mol. The second-order valence-electron chi connectivity index (χ2n) is 7.51. The van der Waals surface area contributed by atoms with Crippen LogP contribution in [0, 0.1) is 11.8 Å².